The van der Waals surface area contributed by atoms with Crippen LogP contribution in [0.5, 0.6) is 0 Å². The Kier molecular flexibility index (Phi) is 2.36. The minimum Gasteiger partial charge on any atom is -0.266 e. The second-order valence-electron chi connectivity index (χ2n) is 2.97. The molecule has 4 nitrogen and oxygen atoms in total. The fourth-order valence-corrected chi connectivity index (χ4v) is 1.26. The summed E-state index contributed by atoms with van der Waals surface area (Å²) in [6, 6.07) is 9.92. The zero-order valence-corrected chi connectivity index (χ0v) is 7.50. The summed E-state index contributed by atoms with van der Waals surface area (Å²) in [4.78, 5) is 10.2. The molecule has 0 aliphatic carbocycles. The second-order valence-corrected chi connectivity index (χ2v) is 2.97. The Morgan fingerprint density at radius 2 is 2.07 bits per heavy atom. The first-order valence-electron chi connectivity index (χ1n) is 4.28. The molecule has 0 spiro atoms. The summed E-state index contributed by atoms with van der Waals surface area (Å²) in [5, 5.41) is 6.80. The molecule has 0 fully saturated rings. The highest BCUT2D eigenvalue weighted by Gasteiger charge is 1.98. The summed E-state index contributed by atoms with van der Waals surface area (Å²) in [6.07, 6.45) is 3.08. The Morgan fingerprint density at radius 3 is 2.71 bits per heavy atom. The zero-order chi connectivity index (χ0) is 9.80. The number of benzene rings is 1. The molecule has 0 amide bonds. The van der Waals surface area contributed by atoms with E-state index in [9.17, 15) is 4.91 Å². The fraction of sp³-hybridized carbons (Fsp3) is 0.100. The Labute approximate surface area is 81.2 Å². The molecule has 0 saturated heterocycles. The van der Waals surface area contributed by atoms with Gasteiger partial charge >= 0.3 is 0 Å². The highest BCUT2D eigenvalue weighted by molar-refractivity contribution is 5.29. The normalized spacial score (nSPS) is 10.0. The van der Waals surface area contributed by atoms with E-state index >= 15 is 0 Å². The number of rotatable bonds is 3. The van der Waals surface area contributed by atoms with Crippen LogP contribution in [-0.2, 0) is 6.54 Å². The van der Waals surface area contributed by atoms with Crippen LogP contribution in [0.15, 0.2) is 47.9 Å². The van der Waals surface area contributed by atoms with Gasteiger partial charge in [0.1, 0.15) is 5.69 Å². The average molecular weight is 187 g/mol. The minimum atomic E-state index is 0.362. The van der Waals surface area contributed by atoms with Crippen molar-refractivity contribution in [2.45, 2.75) is 6.54 Å². The SMILES string of the molecule is O=Nc1cnn(Cc2ccccc2)c1. The van der Waals surface area contributed by atoms with Gasteiger partial charge in [0.05, 0.1) is 18.9 Å². The topological polar surface area (TPSA) is 47.2 Å². The van der Waals surface area contributed by atoms with Gasteiger partial charge in [-0.2, -0.15) is 5.10 Å². The van der Waals surface area contributed by atoms with E-state index in [-0.39, 0.29) is 0 Å². The van der Waals surface area contributed by atoms with Gasteiger partial charge in [-0.15, -0.1) is 4.91 Å². The van der Waals surface area contributed by atoms with Crippen molar-refractivity contribution < 1.29 is 0 Å². The Bertz CT molecular complexity index is 422. The van der Waals surface area contributed by atoms with Crippen molar-refractivity contribution >= 4 is 5.69 Å². The molecule has 2 aromatic rings. The van der Waals surface area contributed by atoms with Gasteiger partial charge in [-0.05, 0) is 10.7 Å². The van der Waals surface area contributed by atoms with E-state index in [4.69, 9.17) is 0 Å². The van der Waals surface area contributed by atoms with Crippen molar-refractivity contribution in [1.82, 2.24) is 9.78 Å². The lowest BCUT2D eigenvalue weighted by Gasteiger charge is -1.99. The predicted molar refractivity (Wildman–Crippen MR) is 53.2 cm³/mol. The maximum absolute atomic E-state index is 10.2. The summed E-state index contributed by atoms with van der Waals surface area (Å²) in [6.45, 7) is 0.663. The van der Waals surface area contributed by atoms with Crippen LogP contribution >= 0.6 is 0 Å². The highest BCUT2D eigenvalue weighted by atomic mass is 16.3. The van der Waals surface area contributed by atoms with Gasteiger partial charge in [-0.25, -0.2) is 0 Å². The number of nitrogens with zero attached hydrogens (tertiary/aromatic N) is 3. The lowest BCUT2D eigenvalue weighted by Crippen LogP contribution is -1.98. The molecule has 2 rings (SSSR count). The molecule has 0 atom stereocenters. The van der Waals surface area contributed by atoms with Gasteiger partial charge < -0.3 is 0 Å². The van der Waals surface area contributed by atoms with Gasteiger partial charge in [0.15, 0.2) is 0 Å². The van der Waals surface area contributed by atoms with Crippen LogP contribution in [-0.4, -0.2) is 9.78 Å². The van der Waals surface area contributed by atoms with Crippen LogP contribution in [0.3, 0.4) is 0 Å². The van der Waals surface area contributed by atoms with Crippen molar-refractivity contribution in [2.24, 2.45) is 5.18 Å². The van der Waals surface area contributed by atoms with Crippen molar-refractivity contribution in [1.29, 1.82) is 0 Å². The summed E-state index contributed by atoms with van der Waals surface area (Å²) in [5.41, 5.74) is 1.51. The third-order valence-electron chi connectivity index (χ3n) is 1.91. The van der Waals surface area contributed by atoms with Crippen LogP contribution in [0.2, 0.25) is 0 Å². The first-order chi connectivity index (χ1) is 6.88. The van der Waals surface area contributed by atoms with Gasteiger partial charge in [-0.3, -0.25) is 4.68 Å². The first-order valence-corrected chi connectivity index (χ1v) is 4.28. The molecular weight excluding hydrogens is 178 g/mol. The molecule has 0 radical (unpaired) electrons. The summed E-state index contributed by atoms with van der Waals surface area (Å²) >= 11 is 0. The standard InChI is InChI=1S/C10H9N3O/c14-12-10-6-11-13(8-10)7-9-4-2-1-3-5-9/h1-6,8H,7H2. The smallest absolute Gasteiger partial charge is 0.145 e. The molecule has 1 aromatic heterocycles. The second kappa shape index (κ2) is 3.83. The maximum Gasteiger partial charge on any atom is 0.145 e. The van der Waals surface area contributed by atoms with E-state index in [2.05, 4.69) is 10.3 Å². The number of nitroso groups, excluding NO2 is 1. The van der Waals surface area contributed by atoms with Crippen LogP contribution in [0, 0.1) is 4.91 Å². The molecule has 0 bridgehead atoms. The molecule has 0 aliphatic rings. The molecule has 0 N–H and O–H groups in total. The third-order valence-corrected chi connectivity index (χ3v) is 1.91. The summed E-state index contributed by atoms with van der Waals surface area (Å²) in [5.74, 6) is 0. The molecule has 1 heterocycles. The van der Waals surface area contributed by atoms with Crippen LogP contribution in [0.25, 0.3) is 0 Å². The van der Waals surface area contributed by atoms with Crippen LogP contribution in [0.1, 0.15) is 5.56 Å². The first kappa shape index (κ1) is 8.62. The van der Waals surface area contributed by atoms with E-state index in [1.807, 2.05) is 30.3 Å². The van der Waals surface area contributed by atoms with Crippen molar-refractivity contribution in [3.8, 4) is 0 Å². The lowest BCUT2D eigenvalue weighted by atomic mass is 10.2. The van der Waals surface area contributed by atoms with Crippen molar-refractivity contribution in [2.75, 3.05) is 0 Å². The highest BCUT2D eigenvalue weighted by Crippen LogP contribution is 2.09. The average Bonchev–Trinajstić information content (AvgIpc) is 2.67. The molecule has 0 aliphatic heterocycles. The molecular formula is C10H9N3O. The zero-order valence-electron chi connectivity index (χ0n) is 7.50. The van der Waals surface area contributed by atoms with E-state index in [1.165, 1.54) is 6.20 Å². The van der Waals surface area contributed by atoms with E-state index < -0.39 is 0 Å². The van der Waals surface area contributed by atoms with Gasteiger partial charge in [0, 0.05) is 0 Å². The Morgan fingerprint density at radius 1 is 1.29 bits per heavy atom. The summed E-state index contributed by atoms with van der Waals surface area (Å²) < 4.78 is 1.69. The van der Waals surface area contributed by atoms with E-state index in [0.29, 0.717) is 12.2 Å². The van der Waals surface area contributed by atoms with Crippen LogP contribution in [0.4, 0.5) is 5.69 Å². The molecule has 0 unspecified atom stereocenters. The molecule has 4 heteroatoms. The quantitative estimate of drug-likeness (QED) is 0.692. The Balaban J connectivity index is 2.15. The predicted octanol–water partition coefficient (Wildman–Crippen LogP) is 2.33. The van der Waals surface area contributed by atoms with Crippen molar-refractivity contribution in [3.05, 3.63) is 53.2 Å². The van der Waals surface area contributed by atoms with E-state index in [0.717, 1.165) is 5.56 Å². The van der Waals surface area contributed by atoms with E-state index in [1.54, 1.807) is 10.9 Å². The number of hydrogen-bond acceptors (Lipinski definition) is 3. The molecule has 70 valence electrons. The summed E-state index contributed by atoms with van der Waals surface area (Å²) in [7, 11) is 0. The number of hydrogen-bond donors (Lipinski definition) is 0. The monoisotopic (exact) mass is 187 g/mol. The van der Waals surface area contributed by atoms with Gasteiger partial charge in [-0.1, -0.05) is 30.3 Å². The lowest BCUT2D eigenvalue weighted by molar-refractivity contribution is 0.687. The molecule has 0 saturated carbocycles. The van der Waals surface area contributed by atoms with Gasteiger partial charge in [0.25, 0.3) is 0 Å². The van der Waals surface area contributed by atoms with Gasteiger partial charge in [0.2, 0.25) is 0 Å². The molecule has 14 heavy (non-hydrogen) atoms. The fourth-order valence-electron chi connectivity index (χ4n) is 1.26. The maximum atomic E-state index is 10.2. The van der Waals surface area contributed by atoms with Crippen LogP contribution < -0.4 is 0 Å². The molecule has 1 aromatic carbocycles. The third kappa shape index (κ3) is 1.85. The minimum absolute atomic E-state index is 0.362. The largest absolute Gasteiger partial charge is 0.266 e. The Hall–Kier alpha value is -1.97. The number of aromatic nitrogens is 2. The van der Waals surface area contributed by atoms with Crippen molar-refractivity contribution in [3.63, 3.8) is 0 Å².